The minimum Gasteiger partial charge on any atom is -0.506 e. The smallest absolute Gasteiger partial charge is 0.175 e. The van der Waals surface area contributed by atoms with Crippen LogP contribution in [0, 0.1) is 0 Å². The van der Waals surface area contributed by atoms with Gasteiger partial charge in [0.05, 0.1) is 4.90 Å². The van der Waals surface area contributed by atoms with E-state index < -0.39 is 9.84 Å². The minimum atomic E-state index is -3.19. The highest BCUT2D eigenvalue weighted by atomic mass is 32.2. The first-order valence-electron chi connectivity index (χ1n) is 4.93. The average Bonchev–Trinajstić information content (AvgIpc) is 2.29. The Balaban J connectivity index is 2.47. The van der Waals surface area contributed by atoms with Crippen molar-refractivity contribution in [2.75, 3.05) is 6.26 Å². The van der Waals surface area contributed by atoms with Gasteiger partial charge in [-0.05, 0) is 24.3 Å². The van der Waals surface area contributed by atoms with Gasteiger partial charge in [0.2, 0.25) is 0 Å². The Bertz CT molecular complexity index is 633. The van der Waals surface area contributed by atoms with Crippen LogP contribution in [0.1, 0.15) is 0 Å². The van der Waals surface area contributed by atoms with Crippen molar-refractivity contribution in [3.8, 4) is 17.0 Å². The summed E-state index contributed by atoms with van der Waals surface area (Å²) in [7, 11) is -3.19. The van der Waals surface area contributed by atoms with Crippen molar-refractivity contribution in [1.29, 1.82) is 0 Å². The van der Waals surface area contributed by atoms with Crippen molar-refractivity contribution in [3.63, 3.8) is 0 Å². The molecule has 0 aliphatic heterocycles. The zero-order valence-electron chi connectivity index (χ0n) is 9.16. The Morgan fingerprint density at radius 2 is 1.76 bits per heavy atom. The standard InChI is InChI=1S/C12H11NO3S/c1-17(15,16)10-6-4-9(5-7-10)12-11(14)3-2-8-13-12/h2-8,14H,1H3. The van der Waals surface area contributed by atoms with Crippen LogP contribution in [0.2, 0.25) is 0 Å². The van der Waals surface area contributed by atoms with Crippen LogP contribution in [0.5, 0.6) is 5.75 Å². The van der Waals surface area contributed by atoms with Gasteiger partial charge >= 0.3 is 0 Å². The summed E-state index contributed by atoms with van der Waals surface area (Å²) in [5, 5.41) is 9.61. The van der Waals surface area contributed by atoms with E-state index in [0.29, 0.717) is 11.3 Å². The van der Waals surface area contributed by atoms with Crippen LogP contribution in [0.25, 0.3) is 11.3 Å². The molecule has 0 aliphatic rings. The summed E-state index contributed by atoms with van der Waals surface area (Å²) in [6.07, 6.45) is 2.72. The zero-order valence-corrected chi connectivity index (χ0v) is 9.98. The van der Waals surface area contributed by atoms with Gasteiger partial charge in [-0.25, -0.2) is 8.42 Å². The molecule has 0 radical (unpaired) electrons. The molecule has 0 aliphatic carbocycles. The zero-order chi connectivity index (χ0) is 12.5. The van der Waals surface area contributed by atoms with Gasteiger partial charge in [-0.3, -0.25) is 4.98 Å². The largest absolute Gasteiger partial charge is 0.506 e. The predicted molar refractivity (Wildman–Crippen MR) is 64.4 cm³/mol. The Morgan fingerprint density at radius 3 is 2.29 bits per heavy atom. The highest BCUT2D eigenvalue weighted by Gasteiger charge is 2.09. The van der Waals surface area contributed by atoms with Crippen LogP contribution >= 0.6 is 0 Å². The van der Waals surface area contributed by atoms with Crippen molar-refractivity contribution in [3.05, 3.63) is 42.6 Å². The molecular formula is C12H11NO3S. The average molecular weight is 249 g/mol. The van der Waals surface area contributed by atoms with E-state index in [0.717, 1.165) is 6.26 Å². The Labute approximate surface area is 99.5 Å². The molecule has 2 aromatic rings. The van der Waals surface area contributed by atoms with Gasteiger partial charge in [0.1, 0.15) is 11.4 Å². The van der Waals surface area contributed by atoms with E-state index in [-0.39, 0.29) is 10.6 Å². The molecule has 1 aromatic carbocycles. The highest BCUT2D eigenvalue weighted by Crippen LogP contribution is 2.26. The second-order valence-corrected chi connectivity index (χ2v) is 5.68. The first kappa shape index (κ1) is 11.6. The Hall–Kier alpha value is -1.88. The molecule has 4 nitrogen and oxygen atoms in total. The number of aromatic hydroxyl groups is 1. The Kier molecular flexibility index (Phi) is 2.85. The molecule has 0 saturated heterocycles. The lowest BCUT2D eigenvalue weighted by molar-refractivity contribution is 0.475. The molecule has 0 unspecified atom stereocenters. The summed E-state index contributed by atoms with van der Waals surface area (Å²) in [6, 6.07) is 9.41. The second kappa shape index (κ2) is 4.18. The molecule has 88 valence electrons. The van der Waals surface area contributed by atoms with Crippen LogP contribution in [0.3, 0.4) is 0 Å². The molecule has 0 amide bonds. The molecule has 0 bridgehead atoms. The summed E-state index contributed by atoms with van der Waals surface area (Å²) < 4.78 is 22.6. The number of sulfone groups is 1. The minimum absolute atomic E-state index is 0.0691. The van der Waals surface area contributed by atoms with E-state index in [2.05, 4.69) is 4.98 Å². The quantitative estimate of drug-likeness (QED) is 0.882. The van der Waals surface area contributed by atoms with Crippen LogP contribution in [0.4, 0.5) is 0 Å². The van der Waals surface area contributed by atoms with Gasteiger partial charge in [0.25, 0.3) is 0 Å². The number of nitrogens with zero attached hydrogens (tertiary/aromatic N) is 1. The summed E-state index contributed by atoms with van der Waals surface area (Å²) in [5.41, 5.74) is 1.11. The van der Waals surface area contributed by atoms with E-state index in [9.17, 15) is 13.5 Å². The summed E-state index contributed by atoms with van der Waals surface area (Å²) in [4.78, 5) is 4.29. The number of aromatic nitrogens is 1. The van der Waals surface area contributed by atoms with Crippen molar-refractivity contribution in [2.24, 2.45) is 0 Å². The number of rotatable bonds is 2. The molecule has 5 heteroatoms. The second-order valence-electron chi connectivity index (χ2n) is 3.67. The van der Waals surface area contributed by atoms with Gasteiger partial charge in [-0.1, -0.05) is 12.1 Å². The first-order chi connectivity index (χ1) is 7.98. The molecule has 17 heavy (non-hydrogen) atoms. The van der Waals surface area contributed by atoms with Gasteiger partial charge in [0, 0.05) is 18.0 Å². The third-order valence-corrected chi connectivity index (χ3v) is 3.47. The summed E-state index contributed by atoms with van der Waals surface area (Å²) >= 11 is 0. The van der Waals surface area contributed by atoms with Crippen molar-refractivity contribution >= 4 is 9.84 Å². The third-order valence-electron chi connectivity index (χ3n) is 2.34. The van der Waals surface area contributed by atoms with Gasteiger partial charge in [-0.15, -0.1) is 0 Å². The first-order valence-corrected chi connectivity index (χ1v) is 6.82. The van der Waals surface area contributed by atoms with Crippen molar-refractivity contribution in [1.82, 2.24) is 4.98 Å². The van der Waals surface area contributed by atoms with Gasteiger partial charge < -0.3 is 5.11 Å². The maximum absolute atomic E-state index is 11.3. The maximum Gasteiger partial charge on any atom is 0.175 e. The van der Waals surface area contributed by atoms with E-state index >= 15 is 0 Å². The van der Waals surface area contributed by atoms with Crippen LogP contribution in [-0.4, -0.2) is 24.8 Å². The topological polar surface area (TPSA) is 67.3 Å². The van der Waals surface area contributed by atoms with Gasteiger partial charge in [-0.2, -0.15) is 0 Å². The van der Waals surface area contributed by atoms with E-state index in [4.69, 9.17) is 0 Å². The van der Waals surface area contributed by atoms with Crippen molar-refractivity contribution in [2.45, 2.75) is 4.90 Å². The lowest BCUT2D eigenvalue weighted by Gasteiger charge is -2.04. The molecule has 1 N–H and O–H groups in total. The fourth-order valence-corrected chi connectivity index (χ4v) is 2.11. The number of benzene rings is 1. The summed E-state index contributed by atoms with van der Waals surface area (Å²) in [6.45, 7) is 0. The lowest BCUT2D eigenvalue weighted by atomic mass is 10.1. The molecule has 0 saturated carbocycles. The van der Waals surface area contributed by atoms with Gasteiger partial charge in [0.15, 0.2) is 9.84 Å². The highest BCUT2D eigenvalue weighted by molar-refractivity contribution is 7.90. The van der Waals surface area contributed by atoms with E-state index in [1.165, 1.54) is 18.2 Å². The number of hydrogen-bond acceptors (Lipinski definition) is 4. The molecular weight excluding hydrogens is 238 g/mol. The fourth-order valence-electron chi connectivity index (χ4n) is 1.48. The van der Waals surface area contributed by atoms with E-state index in [1.54, 1.807) is 24.4 Å². The molecule has 0 spiro atoms. The van der Waals surface area contributed by atoms with Crippen LogP contribution in [0.15, 0.2) is 47.5 Å². The van der Waals surface area contributed by atoms with E-state index in [1.807, 2.05) is 0 Å². The lowest BCUT2D eigenvalue weighted by Crippen LogP contribution is -1.96. The monoisotopic (exact) mass is 249 g/mol. The normalized spacial score (nSPS) is 11.4. The third kappa shape index (κ3) is 2.45. The molecule has 1 aromatic heterocycles. The predicted octanol–water partition coefficient (Wildman–Crippen LogP) is 1.86. The molecule has 0 fully saturated rings. The maximum atomic E-state index is 11.3. The molecule has 1 heterocycles. The Morgan fingerprint density at radius 1 is 1.12 bits per heavy atom. The summed E-state index contributed by atoms with van der Waals surface area (Å²) in [5.74, 6) is 0.0691. The molecule has 2 rings (SSSR count). The van der Waals surface area contributed by atoms with Crippen molar-refractivity contribution < 1.29 is 13.5 Å². The number of hydrogen-bond donors (Lipinski definition) is 1. The SMILES string of the molecule is CS(=O)(=O)c1ccc(-c2ncccc2O)cc1. The van der Waals surface area contributed by atoms with Crippen LogP contribution in [-0.2, 0) is 9.84 Å². The molecule has 0 atom stereocenters. The number of pyridine rings is 1. The van der Waals surface area contributed by atoms with Crippen LogP contribution < -0.4 is 0 Å². The fraction of sp³-hybridized carbons (Fsp3) is 0.0833.